The molecule has 1 aromatic heterocycles. The van der Waals surface area contributed by atoms with Gasteiger partial charge in [-0.15, -0.1) is 0 Å². The van der Waals surface area contributed by atoms with Gasteiger partial charge in [-0.1, -0.05) is 44.2 Å². The first-order chi connectivity index (χ1) is 14.7. The minimum Gasteiger partial charge on any atom is -0.504 e. The van der Waals surface area contributed by atoms with Crippen molar-refractivity contribution >= 4 is 16.6 Å². The molecule has 154 valence electrons. The van der Waals surface area contributed by atoms with E-state index in [-0.39, 0.29) is 5.75 Å². The number of aromatic nitrogens is 1. The predicted molar refractivity (Wildman–Crippen MR) is 122 cm³/mol. The Morgan fingerprint density at radius 1 is 0.900 bits per heavy atom. The second-order valence-corrected chi connectivity index (χ2v) is 6.32. The molecular formula is C25H26N2O3. The van der Waals surface area contributed by atoms with E-state index < -0.39 is 0 Å². The van der Waals surface area contributed by atoms with Crippen molar-refractivity contribution in [2.24, 2.45) is 0 Å². The molecule has 0 spiro atoms. The molecule has 5 heteroatoms. The van der Waals surface area contributed by atoms with Crippen LogP contribution in [0.4, 0.5) is 5.69 Å². The van der Waals surface area contributed by atoms with Crippen molar-refractivity contribution in [1.29, 1.82) is 0 Å². The maximum absolute atomic E-state index is 9.94. The van der Waals surface area contributed by atoms with Gasteiger partial charge in [0.1, 0.15) is 11.5 Å². The molecule has 0 aliphatic heterocycles. The van der Waals surface area contributed by atoms with E-state index in [1.165, 1.54) is 12.7 Å². The highest BCUT2D eigenvalue weighted by molar-refractivity contribution is 5.88. The van der Waals surface area contributed by atoms with Crippen LogP contribution in [0.3, 0.4) is 0 Å². The van der Waals surface area contributed by atoms with Crippen molar-refractivity contribution < 1.29 is 14.6 Å². The smallest absolute Gasteiger partial charge is 0.161 e. The Balaban J connectivity index is 0.00000124. The lowest BCUT2D eigenvalue weighted by Gasteiger charge is -2.12. The van der Waals surface area contributed by atoms with Crippen molar-refractivity contribution in [3.05, 3.63) is 84.6 Å². The van der Waals surface area contributed by atoms with Gasteiger partial charge in [0, 0.05) is 29.9 Å². The normalized spacial score (nSPS) is 10.1. The van der Waals surface area contributed by atoms with E-state index in [1.54, 1.807) is 24.4 Å². The van der Waals surface area contributed by atoms with Gasteiger partial charge in [0.15, 0.2) is 11.5 Å². The van der Waals surface area contributed by atoms with Gasteiger partial charge in [-0.2, -0.15) is 0 Å². The van der Waals surface area contributed by atoms with Gasteiger partial charge in [0.05, 0.1) is 12.6 Å². The van der Waals surface area contributed by atoms with E-state index >= 15 is 0 Å². The van der Waals surface area contributed by atoms with Crippen LogP contribution in [0.5, 0.6) is 23.0 Å². The summed E-state index contributed by atoms with van der Waals surface area (Å²) in [5.74, 6) is 1.79. The Morgan fingerprint density at radius 3 is 2.33 bits per heavy atom. The van der Waals surface area contributed by atoms with Gasteiger partial charge in [-0.3, -0.25) is 4.98 Å². The second-order valence-electron chi connectivity index (χ2n) is 6.32. The standard InChI is InChI=1S/C23H20N2O3.C2H6/c1-27-23-13-19-20(14-21(23)26)24-12-11-22(19)28-18-9-7-17(8-10-18)25-15-16-5-3-2-4-6-16;1-2/h2-14,25-26H,15H2,1H3;1-2H3. The monoisotopic (exact) mass is 402 g/mol. The van der Waals surface area contributed by atoms with E-state index in [0.29, 0.717) is 22.8 Å². The number of anilines is 1. The first-order valence-corrected chi connectivity index (χ1v) is 9.94. The zero-order chi connectivity index (χ0) is 21.3. The summed E-state index contributed by atoms with van der Waals surface area (Å²) in [6.45, 7) is 4.76. The summed E-state index contributed by atoms with van der Waals surface area (Å²) in [5, 5.41) is 14.1. The quantitative estimate of drug-likeness (QED) is 0.392. The lowest BCUT2D eigenvalue weighted by molar-refractivity contribution is 0.374. The minimum atomic E-state index is 0.0495. The van der Waals surface area contributed by atoms with Crippen molar-refractivity contribution in [1.82, 2.24) is 4.98 Å². The van der Waals surface area contributed by atoms with E-state index in [1.807, 2.05) is 56.3 Å². The summed E-state index contributed by atoms with van der Waals surface area (Å²) in [5.41, 5.74) is 2.88. The van der Waals surface area contributed by atoms with Crippen LogP contribution in [-0.4, -0.2) is 17.2 Å². The Morgan fingerprint density at radius 2 is 1.63 bits per heavy atom. The summed E-state index contributed by atoms with van der Waals surface area (Å²) in [6.07, 6.45) is 1.65. The number of pyridine rings is 1. The Bertz CT molecular complexity index is 1080. The fourth-order valence-electron chi connectivity index (χ4n) is 2.96. The fourth-order valence-corrected chi connectivity index (χ4v) is 2.96. The first kappa shape index (κ1) is 21.0. The Labute approximate surface area is 176 Å². The molecule has 0 saturated carbocycles. The van der Waals surface area contributed by atoms with Crippen LogP contribution in [0.1, 0.15) is 19.4 Å². The summed E-state index contributed by atoms with van der Waals surface area (Å²) >= 11 is 0. The molecular weight excluding hydrogens is 376 g/mol. The molecule has 1 heterocycles. The molecule has 4 aromatic rings. The van der Waals surface area contributed by atoms with E-state index in [9.17, 15) is 5.11 Å². The van der Waals surface area contributed by atoms with Gasteiger partial charge in [0.25, 0.3) is 0 Å². The van der Waals surface area contributed by atoms with Gasteiger partial charge in [0.2, 0.25) is 0 Å². The molecule has 0 radical (unpaired) electrons. The fraction of sp³-hybridized carbons (Fsp3) is 0.160. The molecule has 0 saturated heterocycles. The zero-order valence-corrected chi connectivity index (χ0v) is 17.4. The highest BCUT2D eigenvalue weighted by Gasteiger charge is 2.10. The van der Waals surface area contributed by atoms with Gasteiger partial charge in [-0.25, -0.2) is 0 Å². The van der Waals surface area contributed by atoms with Crippen LogP contribution in [-0.2, 0) is 6.54 Å². The predicted octanol–water partition coefficient (Wildman–Crippen LogP) is 6.38. The van der Waals surface area contributed by atoms with Crippen molar-refractivity contribution in [3.63, 3.8) is 0 Å². The topological polar surface area (TPSA) is 63.6 Å². The molecule has 0 aliphatic carbocycles. The number of phenols is 1. The Hall–Kier alpha value is -3.73. The molecule has 5 nitrogen and oxygen atoms in total. The highest BCUT2D eigenvalue weighted by Crippen LogP contribution is 2.36. The van der Waals surface area contributed by atoms with Crippen LogP contribution in [0.15, 0.2) is 79.0 Å². The molecule has 0 unspecified atom stereocenters. The number of ether oxygens (including phenoxy) is 2. The summed E-state index contributed by atoms with van der Waals surface area (Å²) < 4.78 is 11.2. The molecule has 0 aliphatic rings. The van der Waals surface area contributed by atoms with Crippen LogP contribution in [0.2, 0.25) is 0 Å². The van der Waals surface area contributed by atoms with Gasteiger partial charge >= 0.3 is 0 Å². The molecule has 0 bridgehead atoms. The largest absolute Gasteiger partial charge is 0.504 e. The maximum atomic E-state index is 9.94. The van der Waals surface area contributed by atoms with Crippen LogP contribution in [0, 0.1) is 0 Å². The van der Waals surface area contributed by atoms with Gasteiger partial charge in [-0.05, 0) is 42.0 Å². The summed E-state index contributed by atoms with van der Waals surface area (Å²) in [4.78, 5) is 4.28. The number of nitrogens with zero attached hydrogens (tertiary/aromatic N) is 1. The summed E-state index contributed by atoms with van der Waals surface area (Å²) in [6, 6.07) is 23.1. The third kappa shape index (κ3) is 5.00. The number of aromatic hydroxyl groups is 1. The number of hydrogen-bond donors (Lipinski definition) is 2. The van der Waals surface area contributed by atoms with Crippen LogP contribution >= 0.6 is 0 Å². The third-order valence-electron chi connectivity index (χ3n) is 4.42. The number of rotatable bonds is 6. The molecule has 2 N–H and O–H groups in total. The average molecular weight is 402 g/mol. The number of phenolic OH excluding ortho intramolecular Hbond substituents is 1. The highest BCUT2D eigenvalue weighted by atomic mass is 16.5. The zero-order valence-electron chi connectivity index (χ0n) is 17.4. The molecule has 4 rings (SSSR count). The Kier molecular flexibility index (Phi) is 7.11. The SMILES string of the molecule is CC.COc1cc2c(Oc3ccc(NCc4ccccc4)cc3)ccnc2cc1O. The minimum absolute atomic E-state index is 0.0495. The van der Waals surface area contributed by atoms with E-state index in [0.717, 1.165) is 17.6 Å². The van der Waals surface area contributed by atoms with E-state index in [2.05, 4.69) is 22.4 Å². The second kappa shape index (κ2) is 10.2. The van der Waals surface area contributed by atoms with Crippen LogP contribution in [0.25, 0.3) is 10.9 Å². The molecule has 30 heavy (non-hydrogen) atoms. The molecule has 0 amide bonds. The molecule has 3 aromatic carbocycles. The molecule has 0 fully saturated rings. The number of fused-ring (bicyclic) bond motifs is 1. The lowest BCUT2D eigenvalue weighted by Crippen LogP contribution is -1.98. The van der Waals surface area contributed by atoms with Crippen molar-refractivity contribution in [2.45, 2.75) is 20.4 Å². The van der Waals surface area contributed by atoms with Gasteiger partial charge < -0.3 is 19.9 Å². The average Bonchev–Trinajstić information content (AvgIpc) is 2.80. The van der Waals surface area contributed by atoms with Crippen molar-refractivity contribution in [2.75, 3.05) is 12.4 Å². The first-order valence-electron chi connectivity index (χ1n) is 9.94. The van der Waals surface area contributed by atoms with Crippen molar-refractivity contribution in [3.8, 4) is 23.0 Å². The number of nitrogens with one attached hydrogen (secondary N) is 1. The lowest BCUT2D eigenvalue weighted by atomic mass is 10.2. The number of benzene rings is 3. The number of methoxy groups -OCH3 is 1. The molecule has 0 atom stereocenters. The van der Waals surface area contributed by atoms with E-state index in [4.69, 9.17) is 9.47 Å². The van der Waals surface area contributed by atoms with Crippen LogP contribution < -0.4 is 14.8 Å². The summed E-state index contributed by atoms with van der Waals surface area (Å²) in [7, 11) is 1.51. The third-order valence-corrected chi connectivity index (χ3v) is 4.42. The number of hydrogen-bond acceptors (Lipinski definition) is 5. The maximum Gasteiger partial charge on any atom is 0.161 e.